The number of amides is 1. The largest absolute Gasteiger partial charge is 0.497 e. The van der Waals surface area contributed by atoms with Gasteiger partial charge in [0, 0.05) is 0 Å². The highest BCUT2D eigenvalue weighted by molar-refractivity contribution is 7.16. The van der Waals surface area contributed by atoms with Crippen molar-refractivity contribution in [2.75, 3.05) is 21.3 Å². The van der Waals surface area contributed by atoms with E-state index in [0.717, 1.165) is 11.3 Å². The second kappa shape index (κ2) is 8.22. The van der Waals surface area contributed by atoms with Crippen LogP contribution < -0.4 is 14.3 Å². The average Bonchev–Trinajstić information content (AvgIpc) is 3.05. The van der Waals surface area contributed by atoms with Crippen LogP contribution in [0.2, 0.25) is 0 Å². The van der Waals surface area contributed by atoms with Crippen LogP contribution in [0.15, 0.2) is 41.4 Å². The van der Waals surface area contributed by atoms with E-state index in [1.807, 2.05) is 0 Å². The first-order chi connectivity index (χ1) is 13.5. The molecule has 1 heterocycles. The predicted octanol–water partition coefficient (Wildman–Crippen LogP) is 2.77. The molecule has 0 aliphatic heterocycles. The molecule has 0 atom stereocenters. The summed E-state index contributed by atoms with van der Waals surface area (Å²) in [5, 5.41) is 0. The van der Waals surface area contributed by atoms with Gasteiger partial charge in [0.1, 0.15) is 23.9 Å². The fourth-order valence-corrected chi connectivity index (χ4v) is 3.68. The molecule has 3 rings (SSSR count). The van der Waals surface area contributed by atoms with Gasteiger partial charge in [-0.1, -0.05) is 17.4 Å². The summed E-state index contributed by atoms with van der Waals surface area (Å²) in [4.78, 5) is 28.9. The lowest BCUT2D eigenvalue weighted by Gasteiger charge is -2.07. The molecule has 0 radical (unpaired) electrons. The predicted molar refractivity (Wildman–Crippen MR) is 101 cm³/mol. The van der Waals surface area contributed by atoms with Crippen LogP contribution in [0.3, 0.4) is 0 Å². The molecule has 0 aliphatic rings. The number of hydrogen-bond acceptors (Lipinski definition) is 6. The maximum Gasteiger partial charge on any atom is 0.325 e. The highest BCUT2D eigenvalue weighted by Gasteiger charge is 2.17. The van der Waals surface area contributed by atoms with Crippen molar-refractivity contribution in [1.82, 2.24) is 4.57 Å². The van der Waals surface area contributed by atoms with Crippen molar-refractivity contribution in [3.63, 3.8) is 0 Å². The first-order valence-electron chi connectivity index (χ1n) is 8.14. The van der Waals surface area contributed by atoms with Crippen LogP contribution in [0.4, 0.5) is 4.39 Å². The molecule has 1 amide bonds. The molecule has 3 aromatic rings. The number of thiazole rings is 1. The van der Waals surface area contributed by atoms with E-state index in [0.29, 0.717) is 16.2 Å². The van der Waals surface area contributed by atoms with Gasteiger partial charge in [-0.15, -0.1) is 0 Å². The fraction of sp³-hybridized carbons (Fsp3) is 0.211. The lowest BCUT2D eigenvalue weighted by molar-refractivity contribution is -0.141. The number of carbonyl (C=O) groups is 2. The minimum atomic E-state index is -0.610. The number of ether oxygens (including phenoxy) is 3. The van der Waals surface area contributed by atoms with Crippen molar-refractivity contribution in [2.45, 2.75) is 6.54 Å². The molecular weight excluding hydrogens is 387 g/mol. The quantitative estimate of drug-likeness (QED) is 0.611. The summed E-state index contributed by atoms with van der Waals surface area (Å²) >= 11 is 1.09. The number of fused-ring (bicyclic) bond motifs is 1. The third kappa shape index (κ3) is 3.74. The van der Waals surface area contributed by atoms with Crippen LogP contribution in [0.1, 0.15) is 10.4 Å². The van der Waals surface area contributed by atoms with Gasteiger partial charge in [-0.05, 0) is 30.3 Å². The molecule has 7 nitrogen and oxygen atoms in total. The minimum Gasteiger partial charge on any atom is -0.497 e. The standard InChI is InChI=1S/C19H17FN2O5S/c1-25-11-7-8-14(26-2)12(9-11)18(24)21-19-22(10-16(23)27-3)17-13(20)5-4-6-15(17)28-19/h4-9H,10H2,1-3H3. The van der Waals surface area contributed by atoms with Crippen molar-refractivity contribution in [1.29, 1.82) is 0 Å². The maximum absolute atomic E-state index is 14.4. The van der Waals surface area contributed by atoms with Crippen molar-refractivity contribution in [2.24, 2.45) is 4.99 Å². The highest BCUT2D eigenvalue weighted by Crippen LogP contribution is 2.25. The molecule has 0 unspecified atom stereocenters. The SMILES string of the molecule is COC(=O)Cn1c(=NC(=O)c2cc(OC)ccc2OC)sc2cccc(F)c21. The fourth-order valence-electron chi connectivity index (χ4n) is 2.64. The van der Waals surface area contributed by atoms with Gasteiger partial charge in [-0.3, -0.25) is 9.59 Å². The Bertz CT molecular complexity index is 1120. The second-order valence-electron chi connectivity index (χ2n) is 5.62. The molecule has 2 aromatic carbocycles. The zero-order valence-electron chi connectivity index (χ0n) is 15.4. The van der Waals surface area contributed by atoms with Crippen LogP contribution in [0, 0.1) is 5.82 Å². The normalized spacial score (nSPS) is 11.5. The number of esters is 1. The molecule has 0 N–H and O–H groups in total. The van der Waals surface area contributed by atoms with Crippen molar-refractivity contribution < 1.29 is 28.2 Å². The van der Waals surface area contributed by atoms with E-state index in [-0.39, 0.29) is 22.4 Å². The summed E-state index contributed by atoms with van der Waals surface area (Å²) in [5.74, 6) is -0.937. The Morgan fingerprint density at radius 2 is 1.93 bits per heavy atom. The van der Waals surface area contributed by atoms with Gasteiger partial charge in [-0.2, -0.15) is 4.99 Å². The van der Waals surface area contributed by atoms with Crippen molar-refractivity contribution in [3.8, 4) is 11.5 Å². The van der Waals surface area contributed by atoms with Crippen LogP contribution in [0.25, 0.3) is 10.2 Å². The zero-order chi connectivity index (χ0) is 20.3. The summed E-state index contributed by atoms with van der Waals surface area (Å²) in [6.45, 7) is -0.279. The number of benzene rings is 2. The molecule has 0 aliphatic carbocycles. The number of hydrogen-bond donors (Lipinski definition) is 0. The van der Waals surface area contributed by atoms with Gasteiger partial charge in [0.25, 0.3) is 5.91 Å². The topological polar surface area (TPSA) is 79.1 Å². The monoisotopic (exact) mass is 404 g/mol. The first-order valence-corrected chi connectivity index (χ1v) is 8.96. The van der Waals surface area contributed by atoms with Crippen LogP contribution in [0.5, 0.6) is 11.5 Å². The Labute approximate surface area is 163 Å². The first kappa shape index (κ1) is 19.6. The number of aromatic nitrogens is 1. The molecule has 146 valence electrons. The Balaban J connectivity index is 2.19. The van der Waals surface area contributed by atoms with Crippen LogP contribution in [-0.2, 0) is 16.1 Å². The third-order valence-electron chi connectivity index (χ3n) is 4.00. The van der Waals surface area contributed by atoms with Gasteiger partial charge in [-0.25, -0.2) is 4.39 Å². The van der Waals surface area contributed by atoms with E-state index in [2.05, 4.69) is 9.73 Å². The summed E-state index contributed by atoms with van der Waals surface area (Å²) in [5.41, 5.74) is 0.367. The van der Waals surface area contributed by atoms with Gasteiger partial charge in [0.2, 0.25) is 0 Å². The van der Waals surface area contributed by atoms with E-state index < -0.39 is 17.7 Å². The smallest absolute Gasteiger partial charge is 0.325 e. The van der Waals surface area contributed by atoms with Crippen molar-refractivity contribution in [3.05, 3.63) is 52.6 Å². The van der Waals surface area contributed by atoms with E-state index in [4.69, 9.17) is 9.47 Å². The highest BCUT2D eigenvalue weighted by atomic mass is 32.1. The summed E-state index contributed by atoms with van der Waals surface area (Å²) < 4.78 is 31.3. The second-order valence-corrected chi connectivity index (χ2v) is 6.63. The van der Waals surface area contributed by atoms with Crippen LogP contribution >= 0.6 is 11.3 Å². The molecule has 0 fully saturated rings. The van der Waals surface area contributed by atoms with E-state index >= 15 is 0 Å². The Morgan fingerprint density at radius 1 is 1.14 bits per heavy atom. The van der Waals surface area contributed by atoms with Gasteiger partial charge < -0.3 is 18.8 Å². The number of rotatable bonds is 5. The Kier molecular flexibility index (Phi) is 5.74. The molecule has 9 heteroatoms. The lowest BCUT2D eigenvalue weighted by atomic mass is 10.2. The summed E-state index contributed by atoms with van der Waals surface area (Å²) in [7, 11) is 4.15. The van der Waals surface area contributed by atoms with Gasteiger partial charge in [0.05, 0.1) is 37.1 Å². The number of methoxy groups -OCH3 is 3. The number of carbonyl (C=O) groups excluding carboxylic acids is 2. The van der Waals surface area contributed by atoms with Gasteiger partial charge >= 0.3 is 5.97 Å². The summed E-state index contributed by atoms with van der Waals surface area (Å²) in [6, 6.07) is 9.26. The van der Waals surface area contributed by atoms with E-state index in [9.17, 15) is 14.0 Å². The van der Waals surface area contributed by atoms with E-state index in [1.165, 1.54) is 38.0 Å². The minimum absolute atomic E-state index is 0.167. The molecular formula is C19H17FN2O5S. The number of halogens is 1. The maximum atomic E-state index is 14.4. The molecule has 0 spiro atoms. The van der Waals surface area contributed by atoms with Crippen LogP contribution in [-0.4, -0.2) is 37.8 Å². The van der Waals surface area contributed by atoms with Gasteiger partial charge in [0.15, 0.2) is 4.80 Å². The summed E-state index contributed by atoms with van der Waals surface area (Å²) in [6.07, 6.45) is 0. The number of nitrogens with zero attached hydrogens (tertiary/aromatic N) is 2. The molecule has 0 bridgehead atoms. The number of para-hydroxylation sites is 1. The Hall–Kier alpha value is -3.20. The van der Waals surface area contributed by atoms with E-state index in [1.54, 1.807) is 24.3 Å². The lowest BCUT2D eigenvalue weighted by Crippen LogP contribution is -2.23. The molecule has 1 aromatic heterocycles. The molecule has 0 saturated carbocycles. The average molecular weight is 404 g/mol. The molecule has 0 saturated heterocycles. The Morgan fingerprint density at radius 3 is 2.61 bits per heavy atom. The van der Waals surface area contributed by atoms with Crippen molar-refractivity contribution >= 4 is 33.4 Å². The zero-order valence-corrected chi connectivity index (χ0v) is 16.2. The molecule has 28 heavy (non-hydrogen) atoms. The third-order valence-corrected chi connectivity index (χ3v) is 5.04.